The van der Waals surface area contributed by atoms with Crippen molar-refractivity contribution in [3.8, 4) is 5.75 Å². The number of aromatic nitrogens is 1. The Morgan fingerprint density at radius 2 is 1.74 bits per heavy atom. The minimum atomic E-state index is -3.80. The second-order valence-corrected chi connectivity index (χ2v) is 10.7. The number of amides is 1. The summed E-state index contributed by atoms with van der Waals surface area (Å²) >= 11 is 13.9. The highest BCUT2D eigenvalue weighted by Gasteiger charge is 2.16. The molecule has 4 aromatic rings. The summed E-state index contributed by atoms with van der Waals surface area (Å²) in [4.78, 5) is 17.6. The molecule has 0 radical (unpaired) electrons. The van der Waals surface area contributed by atoms with Gasteiger partial charge in [-0.2, -0.15) is 4.99 Å². The van der Waals surface area contributed by atoms with Crippen LogP contribution in [0.1, 0.15) is 10.4 Å². The lowest BCUT2D eigenvalue weighted by Crippen LogP contribution is -2.16. The number of carbonyl (C=O) groups excluding carboxylic acids is 1. The molecule has 1 amide bonds. The summed E-state index contributed by atoms with van der Waals surface area (Å²) in [5, 5.41) is 1.000. The number of fused-ring (bicyclic) bond motifs is 1. The SMILES string of the molecule is C=CCn1c(=NC(=O)c2ccc(NS(=O)(=O)c3ccc(OC)cc3)cc2)sc2c(Cl)ccc(Cl)c21. The molecule has 0 fully saturated rings. The van der Waals surface area contributed by atoms with E-state index < -0.39 is 15.9 Å². The van der Waals surface area contributed by atoms with Gasteiger partial charge in [0, 0.05) is 17.8 Å². The van der Waals surface area contributed by atoms with Crippen LogP contribution in [0.25, 0.3) is 10.2 Å². The molecule has 35 heavy (non-hydrogen) atoms. The topological polar surface area (TPSA) is 89.8 Å². The van der Waals surface area contributed by atoms with Gasteiger partial charge in [0.1, 0.15) is 5.75 Å². The average molecular weight is 548 g/mol. The third kappa shape index (κ3) is 5.28. The Labute approximate surface area is 216 Å². The molecule has 11 heteroatoms. The van der Waals surface area contributed by atoms with E-state index >= 15 is 0 Å². The van der Waals surface area contributed by atoms with Crippen LogP contribution >= 0.6 is 34.5 Å². The smallest absolute Gasteiger partial charge is 0.279 e. The Kier molecular flexibility index (Phi) is 7.32. The van der Waals surface area contributed by atoms with E-state index in [1.807, 2.05) is 0 Å². The molecular formula is C24H19Cl2N3O4S2. The Balaban J connectivity index is 1.61. The number of methoxy groups -OCH3 is 1. The number of anilines is 1. The highest BCUT2D eigenvalue weighted by Crippen LogP contribution is 2.32. The van der Waals surface area contributed by atoms with Crippen molar-refractivity contribution in [3.05, 3.63) is 93.7 Å². The van der Waals surface area contributed by atoms with Gasteiger partial charge in [0.05, 0.1) is 32.3 Å². The van der Waals surface area contributed by atoms with Gasteiger partial charge >= 0.3 is 0 Å². The van der Waals surface area contributed by atoms with Crippen LogP contribution in [0.5, 0.6) is 5.75 Å². The standard InChI is InChI=1S/C24H19Cl2N3O4S2/c1-3-14-29-21-19(25)12-13-20(26)22(21)34-24(29)27-23(30)15-4-6-16(7-5-15)28-35(31,32)18-10-8-17(33-2)9-11-18/h3-13,28H,1,14H2,2H3. The van der Waals surface area contributed by atoms with Crippen LogP contribution in [0.4, 0.5) is 5.69 Å². The molecule has 0 spiro atoms. The zero-order chi connectivity index (χ0) is 25.2. The summed E-state index contributed by atoms with van der Waals surface area (Å²) in [5.74, 6) is 0.0549. The fourth-order valence-electron chi connectivity index (χ4n) is 3.30. The number of benzene rings is 3. The molecule has 1 N–H and O–H groups in total. The average Bonchev–Trinajstić information content (AvgIpc) is 3.21. The van der Waals surface area contributed by atoms with Gasteiger partial charge < -0.3 is 9.30 Å². The molecule has 0 aliphatic carbocycles. The molecule has 0 atom stereocenters. The second-order valence-electron chi connectivity index (χ2n) is 7.27. The summed E-state index contributed by atoms with van der Waals surface area (Å²) in [7, 11) is -2.30. The summed E-state index contributed by atoms with van der Waals surface area (Å²) in [5.41, 5.74) is 1.27. The van der Waals surface area contributed by atoms with Gasteiger partial charge in [-0.3, -0.25) is 9.52 Å². The highest BCUT2D eigenvalue weighted by atomic mass is 35.5. The fraction of sp³-hybridized carbons (Fsp3) is 0.0833. The van der Waals surface area contributed by atoms with Gasteiger partial charge in [-0.1, -0.05) is 40.6 Å². The number of nitrogens with one attached hydrogen (secondary N) is 1. The number of ether oxygens (including phenoxy) is 1. The van der Waals surface area contributed by atoms with Crippen LogP contribution < -0.4 is 14.3 Å². The Morgan fingerprint density at radius 3 is 2.37 bits per heavy atom. The monoisotopic (exact) mass is 547 g/mol. The summed E-state index contributed by atoms with van der Waals surface area (Å²) in [6.07, 6.45) is 1.68. The van der Waals surface area contributed by atoms with E-state index in [1.54, 1.807) is 34.9 Å². The van der Waals surface area contributed by atoms with Crippen LogP contribution in [0.15, 0.2) is 83.2 Å². The lowest BCUT2D eigenvalue weighted by atomic mass is 10.2. The number of hydrogen-bond donors (Lipinski definition) is 1. The van der Waals surface area contributed by atoms with Crippen LogP contribution in [-0.4, -0.2) is 26.0 Å². The minimum Gasteiger partial charge on any atom is -0.497 e. The molecule has 4 rings (SSSR count). The number of carbonyl (C=O) groups is 1. The van der Waals surface area contributed by atoms with Crippen LogP contribution in [-0.2, 0) is 16.6 Å². The van der Waals surface area contributed by atoms with Gasteiger partial charge in [0.15, 0.2) is 4.80 Å². The molecule has 0 aliphatic heterocycles. The van der Waals surface area contributed by atoms with E-state index in [9.17, 15) is 13.2 Å². The molecule has 0 saturated carbocycles. The van der Waals surface area contributed by atoms with E-state index in [-0.39, 0.29) is 10.5 Å². The van der Waals surface area contributed by atoms with E-state index in [0.717, 1.165) is 4.70 Å². The zero-order valence-electron chi connectivity index (χ0n) is 18.4. The number of rotatable bonds is 7. The first kappa shape index (κ1) is 25.0. The number of allylic oxidation sites excluding steroid dienone is 1. The predicted molar refractivity (Wildman–Crippen MR) is 140 cm³/mol. The maximum Gasteiger partial charge on any atom is 0.279 e. The number of halogens is 2. The first-order valence-corrected chi connectivity index (χ1v) is 13.2. The molecule has 1 heterocycles. The lowest BCUT2D eigenvalue weighted by Gasteiger charge is -2.09. The van der Waals surface area contributed by atoms with Crippen molar-refractivity contribution in [3.63, 3.8) is 0 Å². The van der Waals surface area contributed by atoms with Gasteiger partial charge in [0.25, 0.3) is 15.9 Å². The molecule has 7 nitrogen and oxygen atoms in total. The van der Waals surface area contributed by atoms with E-state index in [2.05, 4.69) is 16.3 Å². The maximum absolute atomic E-state index is 12.9. The maximum atomic E-state index is 12.9. The summed E-state index contributed by atoms with van der Waals surface area (Å²) in [6.45, 7) is 4.15. The molecule has 180 valence electrons. The molecular weight excluding hydrogens is 529 g/mol. The van der Waals surface area contributed by atoms with Crippen molar-refractivity contribution in [2.45, 2.75) is 11.4 Å². The number of hydrogen-bond acceptors (Lipinski definition) is 5. The Hall–Kier alpha value is -3.11. The second kappa shape index (κ2) is 10.2. The Bertz CT molecular complexity index is 1590. The molecule has 0 aliphatic rings. The largest absolute Gasteiger partial charge is 0.497 e. The molecule has 0 unspecified atom stereocenters. The van der Waals surface area contributed by atoms with Crippen molar-refractivity contribution >= 4 is 66.4 Å². The molecule has 0 bridgehead atoms. The van der Waals surface area contributed by atoms with Crippen molar-refractivity contribution < 1.29 is 17.9 Å². The third-order valence-electron chi connectivity index (χ3n) is 4.99. The van der Waals surface area contributed by atoms with Gasteiger partial charge in [-0.05, 0) is 60.7 Å². The van der Waals surface area contributed by atoms with Crippen molar-refractivity contribution in [1.82, 2.24) is 4.57 Å². The predicted octanol–water partition coefficient (Wildman–Crippen LogP) is 5.75. The summed E-state index contributed by atoms with van der Waals surface area (Å²) in [6, 6.07) is 15.4. The quantitative estimate of drug-likeness (QED) is 0.298. The van der Waals surface area contributed by atoms with Gasteiger partial charge in [-0.25, -0.2) is 8.42 Å². The first-order valence-electron chi connectivity index (χ1n) is 10.2. The number of sulfonamides is 1. The van der Waals surface area contributed by atoms with Crippen LogP contribution in [0.3, 0.4) is 0 Å². The third-order valence-corrected chi connectivity index (χ3v) is 8.23. The summed E-state index contributed by atoms with van der Waals surface area (Å²) < 4.78 is 35.3. The zero-order valence-corrected chi connectivity index (χ0v) is 21.5. The van der Waals surface area contributed by atoms with Crippen molar-refractivity contribution in [2.24, 2.45) is 4.99 Å². The van der Waals surface area contributed by atoms with E-state index in [4.69, 9.17) is 27.9 Å². The molecule has 3 aromatic carbocycles. The van der Waals surface area contributed by atoms with E-state index in [0.29, 0.717) is 38.3 Å². The highest BCUT2D eigenvalue weighted by molar-refractivity contribution is 7.92. The Morgan fingerprint density at radius 1 is 1.09 bits per heavy atom. The van der Waals surface area contributed by atoms with Crippen LogP contribution in [0, 0.1) is 0 Å². The molecule has 0 saturated heterocycles. The number of thiazole rings is 1. The normalized spacial score (nSPS) is 12.0. The fourth-order valence-corrected chi connectivity index (χ4v) is 6.01. The van der Waals surface area contributed by atoms with Crippen molar-refractivity contribution in [1.29, 1.82) is 0 Å². The van der Waals surface area contributed by atoms with Gasteiger partial charge in [-0.15, -0.1) is 6.58 Å². The lowest BCUT2D eigenvalue weighted by molar-refractivity contribution is 0.0998. The van der Waals surface area contributed by atoms with Crippen molar-refractivity contribution in [2.75, 3.05) is 11.8 Å². The van der Waals surface area contributed by atoms with E-state index in [1.165, 1.54) is 54.8 Å². The first-order chi connectivity index (χ1) is 16.7. The number of nitrogens with zero attached hydrogens (tertiary/aromatic N) is 2. The minimum absolute atomic E-state index is 0.0855. The van der Waals surface area contributed by atoms with Crippen LogP contribution in [0.2, 0.25) is 10.0 Å². The molecule has 1 aromatic heterocycles. The van der Waals surface area contributed by atoms with Gasteiger partial charge in [0.2, 0.25) is 0 Å².